The molecule has 2 unspecified atom stereocenters. The Kier molecular flexibility index (Phi) is 14.1. The number of amides is 1. The van der Waals surface area contributed by atoms with Crippen LogP contribution < -0.4 is 20.1 Å². The number of fused-ring (bicyclic) bond motifs is 3. The van der Waals surface area contributed by atoms with Gasteiger partial charge in [-0.2, -0.15) is 8.78 Å². The van der Waals surface area contributed by atoms with Crippen molar-refractivity contribution in [2.24, 2.45) is 11.8 Å². The summed E-state index contributed by atoms with van der Waals surface area (Å²) in [5, 5.41) is 6.08. The van der Waals surface area contributed by atoms with E-state index in [0.717, 1.165) is 38.8 Å². The number of halogens is 5. The number of carbonyl (C=O) groups excluding carboxylic acids is 3. The highest BCUT2D eigenvalue weighted by Crippen LogP contribution is 2.39. The Morgan fingerprint density at radius 2 is 1.70 bits per heavy atom. The molecule has 3 heterocycles. The highest BCUT2D eigenvalue weighted by molar-refractivity contribution is 6.35. The summed E-state index contributed by atoms with van der Waals surface area (Å²) in [5.74, 6) is -2.10. The highest BCUT2D eigenvalue weighted by atomic mass is 35.5. The number of carbonyl (C=O) groups is 3. The lowest BCUT2D eigenvalue weighted by Crippen LogP contribution is -2.52. The van der Waals surface area contributed by atoms with Crippen LogP contribution in [-0.4, -0.2) is 68.2 Å². The lowest BCUT2D eigenvalue weighted by Gasteiger charge is -2.44. The molecule has 3 saturated heterocycles. The Morgan fingerprint density at radius 3 is 2.35 bits per heavy atom. The van der Waals surface area contributed by atoms with E-state index in [1.807, 2.05) is 0 Å². The van der Waals surface area contributed by atoms with Crippen molar-refractivity contribution in [3.05, 3.63) is 111 Å². The first-order valence-corrected chi connectivity index (χ1v) is 19.5. The molecule has 15 heteroatoms. The van der Waals surface area contributed by atoms with E-state index in [4.69, 9.17) is 37.4 Å². The quantitative estimate of drug-likeness (QED) is 0.0961. The normalized spacial score (nSPS) is 20.2. The van der Waals surface area contributed by atoms with Gasteiger partial charge in [0.15, 0.2) is 17.5 Å². The second-order valence-corrected chi connectivity index (χ2v) is 15.5. The topological polar surface area (TPSA) is 115 Å². The second-order valence-electron chi connectivity index (χ2n) is 14.4. The maximum atomic E-state index is 14.3. The number of benzene rings is 3. The molecule has 7 rings (SSSR count). The predicted octanol–water partition coefficient (Wildman–Crippen LogP) is 8.68. The van der Waals surface area contributed by atoms with Gasteiger partial charge in [0, 0.05) is 34.3 Å². The molecule has 0 spiro atoms. The summed E-state index contributed by atoms with van der Waals surface area (Å²) in [6.07, 6.45) is 2.45. The third-order valence-electron chi connectivity index (χ3n) is 10.2. The Labute approximate surface area is 339 Å². The minimum atomic E-state index is -3.09. The molecule has 3 atom stereocenters. The third-order valence-corrected chi connectivity index (χ3v) is 10.7. The molecule has 1 aliphatic carbocycles. The molecule has 1 amide bonds. The molecule has 3 aromatic rings. The molecule has 3 aromatic carbocycles. The number of alkyl halides is 2. The first kappa shape index (κ1) is 41.9. The lowest BCUT2D eigenvalue weighted by atomic mass is 9.86. The zero-order valence-corrected chi connectivity index (χ0v) is 32.8. The van der Waals surface area contributed by atoms with Crippen LogP contribution in [0.4, 0.5) is 18.9 Å². The van der Waals surface area contributed by atoms with E-state index in [2.05, 4.69) is 26.8 Å². The monoisotopic (exact) mass is 829 g/mol. The van der Waals surface area contributed by atoms with E-state index in [1.54, 1.807) is 25.1 Å². The van der Waals surface area contributed by atoms with Gasteiger partial charge >= 0.3 is 18.6 Å². The van der Waals surface area contributed by atoms with Crippen LogP contribution in [0.5, 0.6) is 11.5 Å². The van der Waals surface area contributed by atoms with Crippen LogP contribution in [0.2, 0.25) is 0 Å². The predicted molar refractivity (Wildman–Crippen MR) is 209 cm³/mol. The van der Waals surface area contributed by atoms with Gasteiger partial charge in [0.2, 0.25) is 0 Å². The summed E-state index contributed by atoms with van der Waals surface area (Å²) >= 11 is 12.5. The maximum Gasteiger partial charge on any atom is 0.387 e. The fraction of sp³-hybridized carbons (Fsp3) is 0.405. The van der Waals surface area contributed by atoms with Crippen molar-refractivity contribution in [3.8, 4) is 11.5 Å². The molecule has 3 aliphatic heterocycles. The van der Waals surface area contributed by atoms with Gasteiger partial charge < -0.3 is 29.6 Å². The van der Waals surface area contributed by atoms with E-state index in [-0.39, 0.29) is 40.5 Å². The molecule has 2 bridgehead atoms. The maximum absolute atomic E-state index is 14.3. The van der Waals surface area contributed by atoms with Crippen molar-refractivity contribution < 1.29 is 46.5 Å². The Hall–Kier alpha value is -4.72. The van der Waals surface area contributed by atoms with Crippen molar-refractivity contribution in [3.63, 3.8) is 0 Å². The Balaban J connectivity index is 1.14. The van der Waals surface area contributed by atoms with E-state index in [1.165, 1.54) is 48.5 Å². The minimum absolute atomic E-state index is 0.0310. The van der Waals surface area contributed by atoms with Gasteiger partial charge in [-0.15, -0.1) is 0 Å². The average Bonchev–Trinajstić information content (AvgIpc) is 4.02. The SMILES string of the molecule is C=C(Cl)/C(C[C@H](OC(=O)CNC(=O)c1cccc(NC(C(=O)OC2CN3CCC2CC3)c2cccc(F)c2)c1)c1ccc(OC(F)F)c(OCC2CC2)c1)=C(\C)Cl. The summed E-state index contributed by atoms with van der Waals surface area (Å²) in [6, 6.07) is 15.1. The average molecular weight is 831 g/mol. The van der Waals surface area contributed by atoms with Crippen molar-refractivity contribution >= 4 is 46.7 Å². The Morgan fingerprint density at radius 1 is 0.947 bits per heavy atom. The number of rotatable bonds is 18. The van der Waals surface area contributed by atoms with E-state index < -0.39 is 49.0 Å². The first-order chi connectivity index (χ1) is 27.3. The molecule has 4 aliphatic rings. The van der Waals surface area contributed by atoms with Crippen LogP contribution in [-0.2, 0) is 19.1 Å². The molecular formula is C42H44Cl2F3N3O7. The van der Waals surface area contributed by atoms with E-state index in [9.17, 15) is 27.6 Å². The van der Waals surface area contributed by atoms with Crippen LogP contribution in [0.3, 0.4) is 0 Å². The zero-order chi connectivity index (χ0) is 40.6. The molecule has 0 radical (unpaired) electrons. The van der Waals surface area contributed by atoms with Crippen LogP contribution in [0, 0.1) is 17.7 Å². The smallest absolute Gasteiger partial charge is 0.387 e. The molecule has 1 saturated carbocycles. The van der Waals surface area contributed by atoms with Gasteiger partial charge in [-0.3, -0.25) is 14.5 Å². The molecule has 57 heavy (non-hydrogen) atoms. The van der Waals surface area contributed by atoms with Gasteiger partial charge in [-0.25, -0.2) is 9.18 Å². The lowest BCUT2D eigenvalue weighted by molar-refractivity contribution is -0.160. The van der Waals surface area contributed by atoms with Crippen molar-refractivity contribution in [2.75, 3.05) is 38.1 Å². The molecule has 4 fully saturated rings. The summed E-state index contributed by atoms with van der Waals surface area (Å²) in [7, 11) is 0. The largest absolute Gasteiger partial charge is 0.489 e. The summed E-state index contributed by atoms with van der Waals surface area (Å²) in [6.45, 7) is 4.60. The zero-order valence-electron chi connectivity index (χ0n) is 31.3. The summed E-state index contributed by atoms with van der Waals surface area (Å²) in [5.41, 5.74) is 1.64. The second kappa shape index (κ2) is 19.1. The van der Waals surface area contributed by atoms with Crippen molar-refractivity contribution in [1.82, 2.24) is 10.2 Å². The summed E-state index contributed by atoms with van der Waals surface area (Å²) < 4.78 is 63.0. The van der Waals surface area contributed by atoms with Gasteiger partial charge in [0.05, 0.1) is 6.61 Å². The number of allylic oxidation sites excluding steroid dienone is 2. The number of anilines is 1. The van der Waals surface area contributed by atoms with Crippen molar-refractivity contribution in [2.45, 2.75) is 63.9 Å². The van der Waals surface area contributed by atoms with E-state index >= 15 is 0 Å². The number of hydrogen-bond donors (Lipinski definition) is 2. The number of ether oxygens (including phenoxy) is 4. The fourth-order valence-electron chi connectivity index (χ4n) is 6.97. The summed E-state index contributed by atoms with van der Waals surface area (Å²) in [4.78, 5) is 42.6. The molecule has 0 aromatic heterocycles. The first-order valence-electron chi connectivity index (χ1n) is 18.8. The number of nitrogens with zero attached hydrogens (tertiary/aromatic N) is 1. The van der Waals surface area contributed by atoms with Gasteiger partial charge in [0.1, 0.15) is 24.6 Å². The van der Waals surface area contributed by atoms with Crippen LogP contribution in [0.1, 0.15) is 72.7 Å². The molecule has 10 nitrogen and oxygen atoms in total. The van der Waals surface area contributed by atoms with Crippen LogP contribution in [0.15, 0.2) is 88.9 Å². The molecule has 304 valence electrons. The van der Waals surface area contributed by atoms with Crippen molar-refractivity contribution in [1.29, 1.82) is 0 Å². The number of esters is 2. The molecular weight excluding hydrogens is 786 g/mol. The number of piperidine rings is 3. The molecule has 2 N–H and O–H groups in total. The van der Waals surface area contributed by atoms with Crippen LogP contribution in [0.25, 0.3) is 0 Å². The fourth-order valence-corrected chi connectivity index (χ4v) is 7.43. The number of hydrogen-bond acceptors (Lipinski definition) is 9. The number of nitrogens with one attached hydrogen (secondary N) is 2. The van der Waals surface area contributed by atoms with Gasteiger partial charge in [-0.05, 0) is 117 Å². The highest BCUT2D eigenvalue weighted by Gasteiger charge is 2.38. The van der Waals surface area contributed by atoms with Gasteiger partial charge in [0.25, 0.3) is 5.91 Å². The van der Waals surface area contributed by atoms with Gasteiger partial charge in [-0.1, -0.05) is 54.0 Å². The minimum Gasteiger partial charge on any atom is -0.489 e. The van der Waals surface area contributed by atoms with Crippen LogP contribution >= 0.6 is 23.2 Å². The van der Waals surface area contributed by atoms with E-state index in [0.29, 0.717) is 46.5 Å². The third kappa shape index (κ3) is 11.7. The Bertz CT molecular complexity index is 1980. The standard InChI is InChI=1S/C42H44Cl2F3N3O7/c1-24(43)33(25(2)44)20-35(28-11-12-34(57-42(46)47)36(19-28)54-23-26-9-10-26)55-38(51)21-48-40(52)30-6-4-8-32(18-30)49-39(29-5-3-7-31(45)17-29)41(53)56-37-22-50-15-13-27(37)14-16-50/h3-8,11-12,17-19,26-27,35,37,39,42,49H,1,9-10,13-16,20-23H2,2H3,(H,48,52)/b33-25+/t35-,37?,39?/m0/s1.